The smallest absolute Gasteiger partial charge is 0.304 e. The lowest BCUT2D eigenvalue weighted by molar-refractivity contribution is -0.138. The maximum atomic E-state index is 10.8. The van der Waals surface area contributed by atoms with Crippen LogP contribution in [0, 0.1) is 0 Å². The Balaban J connectivity index is 2.00. The molecule has 106 valence electrons. The molecule has 0 radical (unpaired) electrons. The minimum atomic E-state index is -0.752. The molecular formula is C13H21N3O3. The van der Waals surface area contributed by atoms with Crippen molar-refractivity contribution in [1.29, 1.82) is 0 Å². The van der Waals surface area contributed by atoms with Crippen molar-refractivity contribution in [3.63, 3.8) is 0 Å². The molecular weight excluding hydrogens is 246 g/mol. The Kier molecular flexibility index (Phi) is 3.89. The monoisotopic (exact) mass is 267 g/mol. The van der Waals surface area contributed by atoms with Gasteiger partial charge in [0.25, 0.3) is 0 Å². The number of hydrogen-bond acceptors (Lipinski definition) is 5. The number of aromatic nitrogens is 2. The molecule has 1 fully saturated rings. The average molecular weight is 267 g/mol. The first-order valence-electron chi connectivity index (χ1n) is 6.65. The molecule has 2 heterocycles. The van der Waals surface area contributed by atoms with Crippen molar-refractivity contribution in [2.24, 2.45) is 0 Å². The number of hydrogen-bond donors (Lipinski definition) is 1. The minimum Gasteiger partial charge on any atom is -0.481 e. The van der Waals surface area contributed by atoms with E-state index in [-0.39, 0.29) is 17.9 Å². The largest absolute Gasteiger partial charge is 0.481 e. The number of carboxylic acid groups (broad SMARTS) is 1. The van der Waals surface area contributed by atoms with E-state index < -0.39 is 5.97 Å². The highest BCUT2D eigenvalue weighted by atomic mass is 16.4. The van der Waals surface area contributed by atoms with Gasteiger partial charge in [0.1, 0.15) is 0 Å². The zero-order chi connectivity index (χ0) is 14.0. The molecule has 1 aromatic rings. The van der Waals surface area contributed by atoms with Gasteiger partial charge in [-0.25, -0.2) is 0 Å². The van der Waals surface area contributed by atoms with E-state index in [0.29, 0.717) is 18.3 Å². The predicted molar refractivity (Wildman–Crippen MR) is 68.7 cm³/mol. The van der Waals surface area contributed by atoms with Gasteiger partial charge in [0, 0.05) is 11.5 Å². The van der Waals surface area contributed by atoms with Crippen LogP contribution in [0.2, 0.25) is 0 Å². The van der Waals surface area contributed by atoms with Crippen molar-refractivity contribution in [3.8, 4) is 0 Å². The van der Waals surface area contributed by atoms with Crippen LogP contribution in [0.1, 0.15) is 51.8 Å². The van der Waals surface area contributed by atoms with Gasteiger partial charge in [0.2, 0.25) is 11.8 Å². The fourth-order valence-corrected chi connectivity index (χ4v) is 2.33. The number of carboxylic acids is 1. The third kappa shape index (κ3) is 3.53. The summed E-state index contributed by atoms with van der Waals surface area (Å²) in [6, 6.07) is 0.0856. The summed E-state index contributed by atoms with van der Waals surface area (Å²) >= 11 is 0. The van der Waals surface area contributed by atoms with Crippen LogP contribution in [0.4, 0.5) is 0 Å². The highest BCUT2D eigenvalue weighted by Gasteiger charge is 2.29. The van der Waals surface area contributed by atoms with Gasteiger partial charge >= 0.3 is 5.97 Å². The Labute approximate surface area is 112 Å². The molecule has 1 aromatic heterocycles. The Morgan fingerprint density at radius 1 is 1.47 bits per heavy atom. The van der Waals surface area contributed by atoms with Gasteiger partial charge in [0.05, 0.1) is 13.0 Å². The molecule has 6 nitrogen and oxygen atoms in total. The number of carbonyl (C=O) groups is 1. The van der Waals surface area contributed by atoms with Crippen LogP contribution in [0.25, 0.3) is 0 Å². The summed E-state index contributed by atoms with van der Waals surface area (Å²) in [5.41, 5.74) is -0.156. The molecule has 1 atom stereocenters. The topological polar surface area (TPSA) is 79.5 Å². The van der Waals surface area contributed by atoms with Gasteiger partial charge in [-0.15, -0.1) is 10.2 Å². The van der Waals surface area contributed by atoms with E-state index in [1.54, 1.807) is 0 Å². The minimum absolute atomic E-state index is 0.0856. The summed E-state index contributed by atoms with van der Waals surface area (Å²) in [6.07, 6.45) is 2.13. The first-order chi connectivity index (χ1) is 8.86. The molecule has 0 saturated carbocycles. The van der Waals surface area contributed by atoms with Crippen molar-refractivity contribution in [2.45, 2.75) is 58.0 Å². The van der Waals surface area contributed by atoms with Gasteiger partial charge in [-0.05, 0) is 19.4 Å². The normalized spacial score (nSPS) is 20.9. The molecule has 1 N–H and O–H groups in total. The van der Waals surface area contributed by atoms with Crippen LogP contribution in [-0.2, 0) is 16.8 Å². The van der Waals surface area contributed by atoms with Gasteiger partial charge in [-0.2, -0.15) is 0 Å². The van der Waals surface area contributed by atoms with Gasteiger partial charge < -0.3 is 9.52 Å². The Hall–Kier alpha value is -1.43. The molecule has 1 aliphatic rings. The molecule has 0 spiro atoms. The average Bonchev–Trinajstić information content (AvgIpc) is 2.88. The lowest BCUT2D eigenvalue weighted by Crippen LogP contribution is -2.31. The van der Waals surface area contributed by atoms with E-state index in [0.717, 1.165) is 19.4 Å². The van der Waals surface area contributed by atoms with Crippen LogP contribution >= 0.6 is 0 Å². The van der Waals surface area contributed by atoms with Crippen molar-refractivity contribution in [1.82, 2.24) is 15.1 Å². The fourth-order valence-electron chi connectivity index (χ4n) is 2.33. The van der Waals surface area contributed by atoms with Crippen molar-refractivity contribution < 1.29 is 14.3 Å². The van der Waals surface area contributed by atoms with Crippen LogP contribution in [-0.4, -0.2) is 38.8 Å². The molecule has 0 amide bonds. The van der Waals surface area contributed by atoms with Crippen molar-refractivity contribution in [3.05, 3.63) is 11.8 Å². The van der Waals surface area contributed by atoms with E-state index in [9.17, 15) is 4.79 Å². The van der Waals surface area contributed by atoms with Gasteiger partial charge in [0.15, 0.2) is 0 Å². The van der Waals surface area contributed by atoms with E-state index in [4.69, 9.17) is 9.52 Å². The molecule has 6 heteroatoms. The number of rotatable bonds is 4. The van der Waals surface area contributed by atoms with E-state index in [1.165, 1.54) is 0 Å². The van der Waals surface area contributed by atoms with Gasteiger partial charge in [-0.3, -0.25) is 9.69 Å². The molecule has 0 bridgehead atoms. The summed E-state index contributed by atoms with van der Waals surface area (Å²) in [5, 5.41) is 17.0. The first-order valence-corrected chi connectivity index (χ1v) is 6.65. The quantitative estimate of drug-likeness (QED) is 0.896. The SMILES string of the molecule is CC(C)(C)c1nnc(CN2CCCC2CC(=O)O)o1. The molecule has 2 rings (SSSR count). The third-order valence-electron chi connectivity index (χ3n) is 3.36. The van der Waals surface area contributed by atoms with Crippen LogP contribution in [0.5, 0.6) is 0 Å². The number of likely N-dealkylation sites (tertiary alicyclic amines) is 1. The molecule has 1 saturated heterocycles. The van der Waals surface area contributed by atoms with Crippen molar-refractivity contribution >= 4 is 5.97 Å². The van der Waals surface area contributed by atoms with Gasteiger partial charge in [-0.1, -0.05) is 20.8 Å². The standard InChI is InChI=1S/C13H21N3O3/c1-13(2,3)12-15-14-10(19-12)8-16-6-4-5-9(16)7-11(17)18/h9H,4-8H2,1-3H3,(H,17,18). The zero-order valence-electron chi connectivity index (χ0n) is 11.7. The first kappa shape index (κ1) is 14.0. The second-order valence-electron chi connectivity index (χ2n) is 6.12. The lowest BCUT2D eigenvalue weighted by Gasteiger charge is -2.21. The van der Waals surface area contributed by atoms with Crippen LogP contribution in [0.15, 0.2) is 4.42 Å². The summed E-state index contributed by atoms with van der Waals surface area (Å²) in [5.74, 6) is 0.441. The fraction of sp³-hybridized carbons (Fsp3) is 0.769. The van der Waals surface area contributed by atoms with E-state index >= 15 is 0 Å². The van der Waals surface area contributed by atoms with E-state index in [2.05, 4.69) is 15.1 Å². The highest BCUT2D eigenvalue weighted by Crippen LogP contribution is 2.24. The Morgan fingerprint density at radius 3 is 2.79 bits per heavy atom. The number of nitrogens with zero attached hydrogens (tertiary/aromatic N) is 3. The summed E-state index contributed by atoms with van der Waals surface area (Å²) in [6.45, 7) is 7.50. The summed E-state index contributed by atoms with van der Waals surface area (Å²) in [7, 11) is 0. The highest BCUT2D eigenvalue weighted by molar-refractivity contribution is 5.67. The second-order valence-corrected chi connectivity index (χ2v) is 6.12. The molecule has 1 aliphatic heterocycles. The Bertz CT molecular complexity index is 450. The molecule has 0 aliphatic carbocycles. The number of aliphatic carboxylic acids is 1. The molecule has 1 unspecified atom stereocenters. The Morgan fingerprint density at radius 2 is 2.21 bits per heavy atom. The maximum absolute atomic E-state index is 10.8. The summed E-state index contributed by atoms with van der Waals surface area (Å²) in [4.78, 5) is 12.9. The van der Waals surface area contributed by atoms with E-state index in [1.807, 2.05) is 20.8 Å². The zero-order valence-corrected chi connectivity index (χ0v) is 11.7. The lowest BCUT2D eigenvalue weighted by atomic mass is 9.97. The molecule has 19 heavy (non-hydrogen) atoms. The predicted octanol–water partition coefficient (Wildman–Crippen LogP) is 1.81. The second kappa shape index (κ2) is 5.28. The van der Waals surface area contributed by atoms with Crippen LogP contribution < -0.4 is 0 Å². The third-order valence-corrected chi connectivity index (χ3v) is 3.36. The van der Waals surface area contributed by atoms with Crippen molar-refractivity contribution in [2.75, 3.05) is 6.54 Å². The maximum Gasteiger partial charge on any atom is 0.304 e. The summed E-state index contributed by atoms with van der Waals surface area (Å²) < 4.78 is 5.65. The molecule has 0 aromatic carbocycles. The van der Waals surface area contributed by atoms with Crippen LogP contribution in [0.3, 0.4) is 0 Å².